The Hall–Kier alpha value is -2.81. The molecule has 164 valence electrons. The molecule has 1 saturated heterocycles. The van der Waals surface area contributed by atoms with Gasteiger partial charge in [0.2, 0.25) is 0 Å². The normalized spacial score (nSPS) is 16.1. The van der Waals surface area contributed by atoms with Crippen molar-refractivity contribution in [3.8, 4) is 5.75 Å². The second kappa shape index (κ2) is 9.34. The Morgan fingerprint density at radius 1 is 1.27 bits per heavy atom. The van der Waals surface area contributed by atoms with E-state index in [2.05, 4.69) is 10.6 Å². The van der Waals surface area contributed by atoms with Crippen LogP contribution in [0.1, 0.15) is 39.2 Å². The highest BCUT2D eigenvalue weighted by atomic mass is 35.5. The van der Waals surface area contributed by atoms with E-state index in [0.717, 1.165) is 10.5 Å². The number of rotatable bonds is 8. The molecule has 9 nitrogen and oxygen atoms in total. The Labute approximate surface area is 180 Å². The van der Waals surface area contributed by atoms with Crippen LogP contribution in [0.3, 0.4) is 0 Å². The Bertz CT molecular complexity index is 868. The zero-order valence-corrected chi connectivity index (χ0v) is 18.4. The fraction of sp³-hybridized carbons (Fsp3) is 0.500. The van der Waals surface area contributed by atoms with Gasteiger partial charge in [-0.25, -0.2) is 4.79 Å². The van der Waals surface area contributed by atoms with Crippen LogP contribution in [0.25, 0.3) is 0 Å². The summed E-state index contributed by atoms with van der Waals surface area (Å²) in [7, 11) is 1.44. The standard InChI is InChI=1S/C20H26ClN3O6/c1-6-20(7-2)18(27)24(19(28)23-20)10-16(25)30-12(4)17(26)22-14-8-11(3)13(21)9-15(14)29-5/h8-9,12H,6-7,10H2,1-5H3,(H,22,26)(H,23,28)/t12-/m0/s1. The molecule has 0 bridgehead atoms. The summed E-state index contributed by atoms with van der Waals surface area (Å²) in [4.78, 5) is 50.2. The van der Waals surface area contributed by atoms with E-state index in [1.54, 1.807) is 32.9 Å². The van der Waals surface area contributed by atoms with Crippen LogP contribution in [0.15, 0.2) is 12.1 Å². The number of esters is 1. The highest BCUT2D eigenvalue weighted by Crippen LogP contribution is 2.31. The maximum Gasteiger partial charge on any atom is 0.327 e. The number of imide groups is 1. The zero-order valence-electron chi connectivity index (χ0n) is 17.6. The molecular weight excluding hydrogens is 414 g/mol. The number of hydrogen-bond donors (Lipinski definition) is 2. The topological polar surface area (TPSA) is 114 Å². The van der Waals surface area contributed by atoms with E-state index in [9.17, 15) is 19.2 Å². The average molecular weight is 440 g/mol. The van der Waals surface area contributed by atoms with Gasteiger partial charge in [-0.2, -0.15) is 0 Å². The van der Waals surface area contributed by atoms with Gasteiger partial charge in [0.25, 0.3) is 11.8 Å². The number of aryl methyl sites for hydroxylation is 1. The van der Waals surface area contributed by atoms with E-state index >= 15 is 0 Å². The van der Waals surface area contributed by atoms with Crippen molar-refractivity contribution in [1.82, 2.24) is 10.2 Å². The lowest BCUT2D eigenvalue weighted by atomic mass is 9.93. The van der Waals surface area contributed by atoms with E-state index in [1.165, 1.54) is 14.0 Å². The predicted octanol–water partition coefficient (Wildman–Crippen LogP) is 2.64. The lowest BCUT2D eigenvalue weighted by Gasteiger charge is -2.23. The van der Waals surface area contributed by atoms with Gasteiger partial charge >= 0.3 is 12.0 Å². The van der Waals surface area contributed by atoms with Gasteiger partial charge in [-0.05, 0) is 38.3 Å². The Balaban J connectivity index is 2.01. The molecule has 0 saturated carbocycles. The predicted molar refractivity (Wildman–Crippen MR) is 110 cm³/mol. The number of nitrogens with one attached hydrogen (secondary N) is 2. The maximum atomic E-state index is 12.6. The minimum atomic E-state index is -1.17. The van der Waals surface area contributed by atoms with Crippen molar-refractivity contribution >= 4 is 41.1 Å². The molecule has 4 amide bonds. The first-order valence-electron chi connectivity index (χ1n) is 9.57. The van der Waals surface area contributed by atoms with Crippen molar-refractivity contribution in [3.63, 3.8) is 0 Å². The van der Waals surface area contributed by atoms with Gasteiger partial charge in [0.05, 0.1) is 12.8 Å². The summed E-state index contributed by atoms with van der Waals surface area (Å²) in [6.45, 7) is 6.14. The first-order chi connectivity index (χ1) is 14.1. The third-order valence-electron chi connectivity index (χ3n) is 5.16. The summed E-state index contributed by atoms with van der Waals surface area (Å²) < 4.78 is 10.3. The number of anilines is 1. The molecule has 2 rings (SSSR count). The highest BCUT2D eigenvalue weighted by molar-refractivity contribution is 6.31. The fourth-order valence-corrected chi connectivity index (χ4v) is 3.28. The Morgan fingerprint density at radius 2 is 1.90 bits per heavy atom. The van der Waals surface area contributed by atoms with E-state index in [-0.39, 0.29) is 0 Å². The van der Waals surface area contributed by atoms with Gasteiger partial charge in [0.1, 0.15) is 17.8 Å². The number of hydrogen-bond acceptors (Lipinski definition) is 6. The van der Waals surface area contributed by atoms with Gasteiger partial charge in [-0.15, -0.1) is 0 Å². The third-order valence-corrected chi connectivity index (χ3v) is 5.56. The minimum Gasteiger partial charge on any atom is -0.495 e. The van der Waals surface area contributed by atoms with Crippen LogP contribution in [-0.4, -0.2) is 54.0 Å². The maximum absolute atomic E-state index is 12.6. The van der Waals surface area contributed by atoms with Crippen LogP contribution in [0, 0.1) is 6.92 Å². The van der Waals surface area contributed by atoms with E-state index in [4.69, 9.17) is 21.1 Å². The van der Waals surface area contributed by atoms with Crippen LogP contribution in [0.2, 0.25) is 5.02 Å². The van der Waals surface area contributed by atoms with Crippen LogP contribution >= 0.6 is 11.6 Å². The van der Waals surface area contributed by atoms with E-state index < -0.39 is 42.0 Å². The molecule has 0 aromatic heterocycles. The first kappa shape index (κ1) is 23.5. The Kier molecular flexibility index (Phi) is 7.30. The Morgan fingerprint density at radius 3 is 2.43 bits per heavy atom. The second-order valence-corrected chi connectivity index (χ2v) is 7.44. The molecule has 1 aromatic rings. The van der Waals surface area contributed by atoms with Crippen molar-refractivity contribution < 1.29 is 28.7 Å². The summed E-state index contributed by atoms with van der Waals surface area (Å²) in [5, 5.41) is 5.73. The second-order valence-electron chi connectivity index (χ2n) is 7.03. The molecule has 1 aliphatic rings. The molecular formula is C20H26ClN3O6. The molecule has 1 atom stereocenters. The summed E-state index contributed by atoms with van der Waals surface area (Å²) in [6.07, 6.45) is -0.359. The van der Waals surface area contributed by atoms with Crippen molar-refractivity contribution in [3.05, 3.63) is 22.7 Å². The minimum absolute atomic E-state index is 0.354. The number of ether oxygens (including phenoxy) is 2. The number of urea groups is 1. The molecule has 1 heterocycles. The number of benzene rings is 1. The van der Waals surface area contributed by atoms with E-state index in [1.807, 2.05) is 0 Å². The van der Waals surface area contributed by atoms with Crippen molar-refractivity contribution in [2.75, 3.05) is 19.0 Å². The molecule has 1 fully saturated rings. The SMILES string of the molecule is CCC1(CC)NC(=O)N(CC(=O)O[C@@H](C)C(=O)Nc2cc(C)c(Cl)cc2OC)C1=O. The fourth-order valence-electron chi connectivity index (χ4n) is 3.13. The van der Waals surface area contributed by atoms with Crippen LogP contribution in [0.5, 0.6) is 5.75 Å². The number of carbonyl (C=O) groups excluding carboxylic acids is 4. The van der Waals surface area contributed by atoms with Crippen LogP contribution in [-0.2, 0) is 19.1 Å². The van der Waals surface area contributed by atoms with Gasteiger partial charge in [0, 0.05) is 11.1 Å². The summed E-state index contributed by atoms with van der Waals surface area (Å²) in [5.41, 5.74) is 0.0898. The van der Waals surface area contributed by atoms with Gasteiger partial charge < -0.3 is 20.1 Å². The smallest absolute Gasteiger partial charge is 0.327 e. The average Bonchev–Trinajstić information content (AvgIpc) is 2.94. The van der Waals surface area contributed by atoms with Crippen LogP contribution in [0.4, 0.5) is 10.5 Å². The number of carbonyl (C=O) groups is 4. The van der Waals surface area contributed by atoms with Crippen molar-refractivity contribution in [1.29, 1.82) is 0 Å². The molecule has 10 heteroatoms. The first-order valence-corrected chi connectivity index (χ1v) is 9.94. The summed E-state index contributed by atoms with van der Waals surface area (Å²) in [5.74, 6) is -1.60. The lowest BCUT2D eigenvalue weighted by molar-refractivity contribution is -0.155. The summed E-state index contributed by atoms with van der Waals surface area (Å²) in [6, 6.07) is 2.55. The largest absolute Gasteiger partial charge is 0.495 e. The molecule has 0 aliphatic carbocycles. The van der Waals surface area contributed by atoms with Crippen molar-refractivity contribution in [2.24, 2.45) is 0 Å². The van der Waals surface area contributed by atoms with Gasteiger partial charge in [-0.3, -0.25) is 19.3 Å². The molecule has 2 N–H and O–H groups in total. The quantitative estimate of drug-likeness (QED) is 0.475. The van der Waals surface area contributed by atoms with Gasteiger partial charge in [-0.1, -0.05) is 25.4 Å². The molecule has 1 aromatic carbocycles. The zero-order chi connectivity index (χ0) is 22.6. The third kappa shape index (κ3) is 4.67. The highest BCUT2D eigenvalue weighted by Gasteiger charge is 2.49. The number of nitrogens with zero attached hydrogens (tertiary/aromatic N) is 1. The lowest BCUT2D eigenvalue weighted by Crippen LogP contribution is -2.46. The molecule has 0 radical (unpaired) electrons. The molecule has 30 heavy (non-hydrogen) atoms. The molecule has 1 aliphatic heterocycles. The molecule has 0 unspecified atom stereocenters. The number of methoxy groups -OCH3 is 1. The monoisotopic (exact) mass is 439 g/mol. The summed E-state index contributed by atoms with van der Waals surface area (Å²) >= 11 is 6.05. The van der Waals surface area contributed by atoms with Gasteiger partial charge in [0.15, 0.2) is 6.10 Å². The van der Waals surface area contributed by atoms with Crippen LogP contribution < -0.4 is 15.4 Å². The number of halogens is 1. The molecule has 0 spiro atoms. The number of amides is 4. The van der Waals surface area contributed by atoms with Crippen molar-refractivity contribution in [2.45, 2.75) is 52.2 Å². The van der Waals surface area contributed by atoms with E-state index in [0.29, 0.717) is 29.3 Å².